The molecule has 0 bridgehead atoms. The van der Waals surface area contributed by atoms with Crippen molar-refractivity contribution in [3.8, 4) is 17.6 Å². The van der Waals surface area contributed by atoms with Gasteiger partial charge in [-0.05, 0) is 43.2 Å². The van der Waals surface area contributed by atoms with Gasteiger partial charge in [0.2, 0.25) is 5.91 Å². The molecule has 28 heavy (non-hydrogen) atoms. The van der Waals surface area contributed by atoms with E-state index < -0.39 is 0 Å². The second-order valence-electron chi connectivity index (χ2n) is 6.98. The molecule has 1 aromatic heterocycles. The topological polar surface area (TPSA) is 80.6 Å². The molecule has 0 saturated carbocycles. The van der Waals surface area contributed by atoms with Crippen LogP contribution < -0.4 is 14.8 Å². The molecule has 1 aromatic carbocycles. The highest BCUT2D eigenvalue weighted by Gasteiger charge is 2.31. The molecule has 0 unspecified atom stereocenters. The summed E-state index contributed by atoms with van der Waals surface area (Å²) in [7, 11) is 3.13. The number of amides is 1. The van der Waals surface area contributed by atoms with Gasteiger partial charge in [0.15, 0.2) is 11.5 Å². The van der Waals surface area contributed by atoms with E-state index in [1.165, 1.54) is 17.4 Å². The number of rotatable bonds is 5. The molecular weight excluding hydrogens is 376 g/mol. The highest BCUT2D eigenvalue weighted by atomic mass is 32.1. The number of anilines is 1. The lowest BCUT2D eigenvalue weighted by atomic mass is 9.93. The summed E-state index contributed by atoms with van der Waals surface area (Å²) in [6, 6.07) is 7.62. The van der Waals surface area contributed by atoms with Crippen molar-refractivity contribution >= 4 is 28.3 Å². The number of nitriles is 1. The summed E-state index contributed by atoms with van der Waals surface area (Å²) in [5, 5.41) is 13.0. The van der Waals surface area contributed by atoms with Crippen LogP contribution in [0.15, 0.2) is 24.3 Å². The first-order valence-electron chi connectivity index (χ1n) is 8.76. The third-order valence-electron chi connectivity index (χ3n) is 4.47. The number of fused-ring (bicyclic) bond motifs is 1. The Morgan fingerprint density at radius 1 is 1.32 bits per heavy atom. The zero-order valence-corrected chi connectivity index (χ0v) is 17.1. The van der Waals surface area contributed by atoms with E-state index in [1.54, 1.807) is 32.4 Å². The van der Waals surface area contributed by atoms with Gasteiger partial charge in [0.1, 0.15) is 11.1 Å². The predicted molar refractivity (Wildman–Crippen MR) is 109 cm³/mol. The van der Waals surface area contributed by atoms with Gasteiger partial charge in [0.05, 0.1) is 32.0 Å². The average molecular weight is 398 g/mol. The van der Waals surface area contributed by atoms with Crippen LogP contribution in [0.25, 0.3) is 6.08 Å². The smallest absolute Gasteiger partial charge is 0.249 e. The Hall–Kier alpha value is -2.82. The molecular formula is C21H22N2O4S. The van der Waals surface area contributed by atoms with E-state index in [4.69, 9.17) is 14.2 Å². The predicted octanol–water partition coefficient (Wildman–Crippen LogP) is 4.14. The van der Waals surface area contributed by atoms with E-state index in [-0.39, 0.29) is 11.5 Å². The summed E-state index contributed by atoms with van der Waals surface area (Å²) < 4.78 is 16.3. The van der Waals surface area contributed by atoms with Gasteiger partial charge in [-0.1, -0.05) is 6.07 Å². The quantitative estimate of drug-likeness (QED) is 0.766. The first-order chi connectivity index (χ1) is 13.4. The van der Waals surface area contributed by atoms with Crippen LogP contribution in [0.5, 0.6) is 11.5 Å². The second kappa shape index (κ2) is 8.05. The first kappa shape index (κ1) is 19.9. The summed E-state index contributed by atoms with van der Waals surface area (Å²) in [5.41, 5.74) is 2.00. The van der Waals surface area contributed by atoms with E-state index in [2.05, 4.69) is 11.4 Å². The molecule has 3 rings (SSSR count). The lowest BCUT2D eigenvalue weighted by molar-refractivity contribution is -0.111. The second-order valence-corrected chi connectivity index (χ2v) is 8.09. The van der Waals surface area contributed by atoms with E-state index in [0.29, 0.717) is 35.1 Å². The number of hydrogen-bond donors (Lipinski definition) is 1. The Bertz CT molecular complexity index is 970. The number of nitrogens with one attached hydrogen (secondary N) is 1. The SMILES string of the molecule is COc1ccc(C=CC(=O)Nc2sc3c(c2C#N)CC(C)(C)OC3)cc1OC. The number of hydrogen-bond acceptors (Lipinski definition) is 6. The van der Waals surface area contributed by atoms with Crippen molar-refractivity contribution in [3.63, 3.8) is 0 Å². The third-order valence-corrected chi connectivity index (χ3v) is 5.59. The fraction of sp³-hybridized carbons (Fsp3) is 0.333. The number of thiophene rings is 1. The molecule has 2 heterocycles. The van der Waals surface area contributed by atoms with Gasteiger partial charge in [0.25, 0.3) is 0 Å². The van der Waals surface area contributed by atoms with Crippen molar-refractivity contribution in [1.82, 2.24) is 0 Å². The van der Waals surface area contributed by atoms with E-state index in [9.17, 15) is 10.1 Å². The summed E-state index contributed by atoms with van der Waals surface area (Å²) >= 11 is 1.40. The van der Waals surface area contributed by atoms with Gasteiger partial charge >= 0.3 is 0 Å². The normalized spacial score (nSPS) is 15.0. The van der Waals surface area contributed by atoms with Gasteiger partial charge in [0, 0.05) is 17.4 Å². The Labute approximate surface area is 168 Å². The molecule has 0 aliphatic carbocycles. The molecule has 6 nitrogen and oxygen atoms in total. The van der Waals surface area contributed by atoms with Crippen LogP contribution in [0, 0.1) is 11.3 Å². The minimum absolute atomic E-state index is 0.301. The number of nitrogens with zero attached hydrogens (tertiary/aromatic N) is 1. The molecule has 146 valence electrons. The van der Waals surface area contributed by atoms with Gasteiger partial charge in [-0.15, -0.1) is 11.3 Å². The largest absolute Gasteiger partial charge is 0.493 e. The first-order valence-corrected chi connectivity index (χ1v) is 9.58. The zero-order chi connectivity index (χ0) is 20.3. The Balaban J connectivity index is 1.76. The number of methoxy groups -OCH3 is 2. The molecule has 7 heteroatoms. The van der Waals surface area contributed by atoms with Crippen LogP contribution >= 0.6 is 11.3 Å². The summed E-state index contributed by atoms with van der Waals surface area (Å²) in [4.78, 5) is 13.4. The molecule has 0 saturated heterocycles. The fourth-order valence-electron chi connectivity index (χ4n) is 3.04. The average Bonchev–Trinajstić information content (AvgIpc) is 3.00. The van der Waals surface area contributed by atoms with Crippen molar-refractivity contribution in [1.29, 1.82) is 5.26 Å². The number of benzene rings is 1. The summed E-state index contributed by atoms with van der Waals surface area (Å²) in [5.74, 6) is 0.910. The van der Waals surface area contributed by atoms with Crippen LogP contribution in [0.1, 0.15) is 35.4 Å². The van der Waals surface area contributed by atoms with Gasteiger partial charge < -0.3 is 19.5 Å². The summed E-state index contributed by atoms with van der Waals surface area (Å²) in [6.07, 6.45) is 3.77. The maximum absolute atomic E-state index is 12.4. The van der Waals surface area contributed by atoms with Crippen molar-refractivity contribution in [2.75, 3.05) is 19.5 Å². The minimum atomic E-state index is -0.311. The van der Waals surface area contributed by atoms with Crippen LogP contribution in [0.4, 0.5) is 5.00 Å². The molecule has 1 amide bonds. The molecule has 0 spiro atoms. The number of carbonyl (C=O) groups is 1. The summed E-state index contributed by atoms with van der Waals surface area (Å²) in [6.45, 7) is 4.46. The molecule has 1 aliphatic heterocycles. The highest BCUT2D eigenvalue weighted by molar-refractivity contribution is 7.16. The van der Waals surface area contributed by atoms with Crippen molar-refractivity contribution in [2.45, 2.75) is 32.5 Å². The van der Waals surface area contributed by atoms with Gasteiger partial charge in [-0.2, -0.15) is 5.26 Å². The third kappa shape index (κ3) is 4.19. The van der Waals surface area contributed by atoms with E-state index in [0.717, 1.165) is 16.0 Å². The monoisotopic (exact) mass is 398 g/mol. The molecule has 1 aliphatic rings. The van der Waals surface area contributed by atoms with Crippen LogP contribution in [-0.2, 0) is 22.6 Å². The van der Waals surface area contributed by atoms with Gasteiger partial charge in [-0.25, -0.2) is 0 Å². The lowest BCUT2D eigenvalue weighted by Crippen LogP contribution is -2.31. The maximum atomic E-state index is 12.4. The number of carbonyl (C=O) groups excluding carboxylic acids is 1. The fourth-order valence-corrected chi connectivity index (χ4v) is 4.13. The van der Waals surface area contributed by atoms with Crippen LogP contribution in [0.3, 0.4) is 0 Å². The van der Waals surface area contributed by atoms with Crippen LogP contribution in [-0.4, -0.2) is 25.7 Å². The van der Waals surface area contributed by atoms with Crippen molar-refractivity contribution in [2.24, 2.45) is 0 Å². The zero-order valence-electron chi connectivity index (χ0n) is 16.3. The van der Waals surface area contributed by atoms with E-state index in [1.807, 2.05) is 19.9 Å². The standard InChI is InChI=1S/C21H22N2O4S/c1-21(2)10-14-15(11-22)20(28-18(14)12-27-21)23-19(24)8-6-13-5-7-16(25-3)17(9-13)26-4/h5-9H,10,12H2,1-4H3,(H,23,24). The van der Waals surface area contributed by atoms with E-state index >= 15 is 0 Å². The molecule has 0 atom stereocenters. The van der Waals surface area contributed by atoms with Crippen LogP contribution in [0.2, 0.25) is 0 Å². The maximum Gasteiger partial charge on any atom is 0.249 e. The Morgan fingerprint density at radius 2 is 2.07 bits per heavy atom. The van der Waals surface area contributed by atoms with Crippen molar-refractivity contribution in [3.05, 3.63) is 45.8 Å². The highest BCUT2D eigenvalue weighted by Crippen LogP contribution is 2.40. The minimum Gasteiger partial charge on any atom is -0.493 e. The lowest BCUT2D eigenvalue weighted by Gasteiger charge is -2.29. The number of ether oxygens (including phenoxy) is 3. The molecule has 2 aromatic rings. The molecule has 0 fully saturated rings. The Kier molecular flexibility index (Phi) is 5.73. The molecule has 0 radical (unpaired) electrons. The van der Waals surface area contributed by atoms with Crippen molar-refractivity contribution < 1.29 is 19.0 Å². The van der Waals surface area contributed by atoms with Gasteiger partial charge in [-0.3, -0.25) is 4.79 Å². The Morgan fingerprint density at radius 3 is 2.75 bits per heavy atom. The molecule has 1 N–H and O–H groups in total.